The highest BCUT2D eigenvalue weighted by molar-refractivity contribution is 5.82. The van der Waals surface area contributed by atoms with Gasteiger partial charge in [-0.2, -0.15) is 5.10 Å². The van der Waals surface area contributed by atoms with Crippen molar-refractivity contribution in [2.24, 2.45) is 12.9 Å². The number of nitrogens with one attached hydrogen (secondary N) is 1. The largest absolute Gasteiger partial charge is 0.271 e. The van der Waals surface area contributed by atoms with Crippen LogP contribution in [0.3, 0.4) is 0 Å². The number of nitrogens with zero attached hydrogens (tertiary/aromatic N) is 2. The third-order valence-corrected chi connectivity index (χ3v) is 4.16. The lowest BCUT2D eigenvalue weighted by Gasteiger charge is -2.14. The summed E-state index contributed by atoms with van der Waals surface area (Å²) in [5, 5.41) is 5.87. The number of fused-ring (bicyclic) bond motifs is 1. The molecule has 2 rings (SSSR count). The minimum absolute atomic E-state index is 0.141. The quantitative estimate of drug-likeness (QED) is 0.419. The first-order valence-electron chi connectivity index (χ1n) is 8.15. The predicted molar refractivity (Wildman–Crippen MR) is 88.8 cm³/mol. The van der Waals surface area contributed by atoms with Crippen LogP contribution in [0.5, 0.6) is 0 Å². The fourth-order valence-corrected chi connectivity index (χ4v) is 2.93. The highest BCUT2D eigenvalue weighted by atomic mass is 15.3. The highest BCUT2D eigenvalue weighted by Crippen LogP contribution is 2.26. The molecule has 4 heteroatoms. The molecule has 0 aliphatic heterocycles. The van der Waals surface area contributed by atoms with Gasteiger partial charge in [-0.3, -0.25) is 16.0 Å². The Morgan fingerprint density at radius 3 is 2.62 bits per heavy atom. The average Bonchev–Trinajstić information content (AvgIpc) is 2.84. The van der Waals surface area contributed by atoms with E-state index in [1.54, 1.807) is 0 Å². The summed E-state index contributed by atoms with van der Waals surface area (Å²) in [5.74, 6) is 5.77. The second-order valence-corrected chi connectivity index (χ2v) is 5.80. The number of aromatic nitrogens is 2. The van der Waals surface area contributed by atoms with E-state index < -0.39 is 0 Å². The third kappa shape index (κ3) is 4.05. The normalized spacial score (nSPS) is 12.9. The molecular formula is C17H28N4. The number of nitrogens with two attached hydrogens (primary N) is 1. The van der Waals surface area contributed by atoms with Gasteiger partial charge < -0.3 is 0 Å². The third-order valence-electron chi connectivity index (χ3n) is 4.16. The second-order valence-electron chi connectivity index (χ2n) is 5.80. The molecule has 1 atom stereocenters. The van der Waals surface area contributed by atoms with Crippen LogP contribution in [0.15, 0.2) is 24.3 Å². The molecule has 2 aromatic rings. The first-order chi connectivity index (χ1) is 10.3. The van der Waals surface area contributed by atoms with Gasteiger partial charge in [0.05, 0.1) is 17.3 Å². The summed E-state index contributed by atoms with van der Waals surface area (Å²) in [6, 6.07) is 8.48. The molecule has 0 bridgehead atoms. The van der Waals surface area contributed by atoms with Gasteiger partial charge in [-0.1, -0.05) is 63.6 Å². The Hall–Kier alpha value is -1.39. The Bertz CT molecular complexity index is 547. The van der Waals surface area contributed by atoms with E-state index in [2.05, 4.69) is 35.6 Å². The van der Waals surface area contributed by atoms with Gasteiger partial charge in [-0.15, -0.1) is 0 Å². The van der Waals surface area contributed by atoms with E-state index in [0.29, 0.717) is 0 Å². The van der Waals surface area contributed by atoms with Gasteiger partial charge >= 0.3 is 0 Å². The highest BCUT2D eigenvalue weighted by Gasteiger charge is 2.17. The molecule has 1 unspecified atom stereocenters. The fraction of sp³-hybridized carbons (Fsp3) is 0.588. The molecule has 0 saturated carbocycles. The lowest BCUT2D eigenvalue weighted by molar-refractivity contribution is 0.466. The van der Waals surface area contributed by atoms with Crippen LogP contribution >= 0.6 is 0 Å². The van der Waals surface area contributed by atoms with Crippen LogP contribution in [0, 0.1) is 0 Å². The van der Waals surface area contributed by atoms with Crippen molar-refractivity contribution in [3.8, 4) is 0 Å². The Kier molecular flexibility index (Phi) is 6.21. The number of hydrogen-bond acceptors (Lipinski definition) is 3. The maximum Gasteiger partial charge on any atom is 0.0886 e. The average molecular weight is 288 g/mol. The zero-order valence-corrected chi connectivity index (χ0v) is 13.3. The molecule has 0 saturated heterocycles. The summed E-state index contributed by atoms with van der Waals surface area (Å²) in [4.78, 5) is 0. The zero-order chi connectivity index (χ0) is 15.1. The number of aryl methyl sites for hydroxylation is 1. The summed E-state index contributed by atoms with van der Waals surface area (Å²) in [6.07, 6.45) is 8.85. The van der Waals surface area contributed by atoms with Crippen molar-refractivity contribution >= 4 is 10.9 Å². The molecule has 3 N–H and O–H groups in total. The Balaban J connectivity index is 1.96. The molecule has 0 spiro atoms. The van der Waals surface area contributed by atoms with Crippen molar-refractivity contribution in [3.05, 3.63) is 30.0 Å². The van der Waals surface area contributed by atoms with Crippen molar-refractivity contribution < 1.29 is 0 Å². The fourth-order valence-electron chi connectivity index (χ4n) is 2.93. The van der Waals surface area contributed by atoms with Gasteiger partial charge in [0.15, 0.2) is 0 Å². The molecular weight excluding hydrogens is 260 g/mol. The summed E-state index contributed by atoms with van der Waals surface area (Å²) in [6.45, 7) is 2.25. The number of benzene rings is 1. The lowest BCUT2D eigenvalue weighted by atomic mass is 10.0. The van der Waals surface area contributed by atoms with E-state index in [0.717, 1.165) is 17.6 Å². The minimum Gasteiger partial charge on any atom is -0.271 e. The van der Waals surface area contributed by atoms with Crippen LogP contribution in [0.1, 0.15) is 63.6 Å². The monoisotopic (exact) mass is 288 g/mol. The van der Waals surface area contributed by atoms with Crippen LogP contribution in [-0.2, 0) is 7.05 Å². The van der Waals surface area contributed by atoms with E-state index in [9.17, 15) is 0 Å². The number of para-hydroxylation sites is 1. The van der Waals surface area contributed by atoms with Crippen LogP contribution in [0.4, 0.5) is 0 Å². The summed E-state index contributed by atoms with van der Waals surface area (Å²) < 4.78 is 1.94. The predicted octanol–water partition coefficient (Wildman–Crippen LogP) is 3.83. The van der Waals surface area contributed by atoms with Crippen LogP contribution in [-0.4, -0.2) is 9.78 Å². The van der Waals surface area contributed by atoms with Crippen molar-refractivity contribution in [1.82, 2.24) is 15.2 Å². The van der Waals surface area contributed by atoms with Gasteiger partial charge in [0, 0.05) is 12.4 Å². The van der Waals surface area contributed by atoms with Crippen LogP contribution in [0.25, 0.3) is 10.9 Å². The summed E-state index contributed by atoms with van der Waals surface area (Å²) in [7, 11) is 1.99. The lowest BCUT2D eigenvalue weighted by Crippen LogP contribution is -2.28. The Morgan fingerprint density at radius 1 is 1.14 bits per heavy atom. The topological polar surface area (TPSA) is 55.9 Å². The number of hydrogen-bond donors (Lipinski definition) is 2. The molecule has 4 nitrogen and oxygen atoms in total. The number of unbranched alkanes of at least 4 members (excludes halogenated alkanes) is 5. The molecule has 0 fully saturated rings. The van der Waals surface area contributed by atoms with E-state index in [1.807, 2.05) is 17.8 Å². The first-order valence-corrected chi connectivity index (χ1v) is 8.15. The summed E-state index contributed by atoms with van der Waals surface area (Å²) >= 11 is 0. The van der Waals surface area contributed by atoms with Gasteiger partial charge in [-0.05, 0) is 12.5 Å². The standard InChI is InChI=1S/C17H28N4/c1-3-4-5-6-7-8-12-15(19-18)17-14-11-9-10-13-16(14)21(2)20-17/h9-11,13,15,19H,3-8,12,18H2,1-2H3. The minimum atomic E-state index is 0.141. The van der Waals surface area contributed by atoms with Gasteiger partial charge in [0.25, 0.3) is 0 Å². The van der Waals surface area contributed by atoms with Crippen molar-refractivity contribution in [1.29, 1.82) is 0 Å². The number of hydrazine groups is 1. The molecule has 0 aliphatic rings. The Labute approximate surface area is 127 Å². The van der Waals surface area contributed by atoms with E-state index >= 15 is 0 Å². The first kappa shape index (κ1) is 16.0. The van der Waals surface area contributed by atoms with E-state index in [1.165, 1.54) is 43.9 Å². The molecule has 21 heavy (non-hydrogen) atoms. The molecule has 116 valence electrons. The molecule has 1 heterocycles. The van der Waals surface area contributed by atoms with Crippen molar-refractivity contribution in [3.63, 3.8) is 0 Å². The summed E-state index contributed by atoms with van der Waals surface area (Å²) in [5.41, 5.74) is 5.19. The van der Waals surface area contributed by atoms with Gasteiger partial charge in [0.2, 0.25) is 0 Å². The van der Waals surface area contributed by atoms with Crippen molar-refractivity contribution in [2.45, 2.75) is 57.9 Å². The molecule has 0 amide bonds. The molecule has 1 aromatic heterocycles. The van der Waals surface area contributed by atoms with Gasteiger partial charge in [0.1, 0.15) is 0 Å². The SMILES string of the molecule is CCCCCCCCC(NN)c1nn(C)c2ccccc12. The van der Waals surface area contributed by atoms with E-state index in [-0.39, 0.29) is 6.04 Å². The van der Waals surface area contributed by atoms with Crippen molar-refractivity contribution in [2.75, 3.05) is 0 Å². The molecule has 0 aliphatic carbocycles. The maximum absolute atomic E-state index is 5.77. The maximum atomic E-state index is 5.77. The van der Waals surface area contributed by atoms with Gasteiger partial charge in [-0.25, -0.2) is 0 Å². The molecule has 1 aromatic carbocycles. The zero-order valence-electron chi connectivity index (χ0n) is 13.3. The Morgan fingerprint density at radius 2 is 1.86 bits per heavy atom. The smallest absolute Gasteiger partial charge is 0.0886 e. The van der Waals surface area contributed by atoms with Crippen LogP contribution < -0.4 is 11.3 Å². The van der Waals surface area contributed by atoms with E-state index in [4.69, 9.17) is 5.84 Å². The number of rotatable bonds is 9. The molecule has 0 radical (unpaired) electrons. The second kappa shape index (κ2) is 8.15. The van der Waals surface area contributed by atoms with Crippen LogP contribution in [0.2, 0.25) is 0 Å².